The van der Waals surface area contributed by atoms with Crippen LogP contribution in [0.25, 0.3) is 0 Å². The topological polar surface area (TPSA) is 0 Å². The van der Waals surface area contributed by atoms with Gasteiger partial charge >= 0.3 is 0 Å². The van der Waals surface area contributed by atoms with Crippen LogP contribution in [0.1, 0.15) is 109 Å². The third-order valence-corrected chi connectivity index (χ3v) is 7.98. The number of aryl methyl sites for hydroxylation is 1. The minimum Gasteiger partial charge on any atom is -0.204 e. The first-order valence-electron chi connectivity index (χ1n) is 13.3. The monoisotopic (exact) mass is 430 g/mol. The fraction of sp³-hybridized carbons (Fsp3) is 0.724. The molecule has 1 aromatic carbocycles. The van der Waals surface area contributed by atoms with Gasteiger partial charge in [-0.2, -0.15) is 0 Å². The van der Waals surface area contributed by atoms with Gasteiger partial charge in [-0.25, -0.2) is 8.78 Å². The number of rotatable bonds is 11. The highest BCUT2D eigenvalue weighted by atomic mass is 19.2. The first kappa shape index (κ1) is 24.5. The van der Waals surface area contributed by atoms with Crippen LogP contribution in [0.4, 0.5) is 8.78 Å². The lowest BCUT2D eigenvalue weighted by atomic mass is 9.77. The Morgan fingerprint density at radius 2 is 1.29 bits per heavy atom. The summed E-state index contributed by atoms with van der Waals surface area (Å²) in [7, 11) is 0. The van der Waals surface area contributed by atoms with Gasteiger partial charge in [0.1, 0.15) is 0 Å². The van der Waals surface area contributed by atoms with Gasteiger partial charge in [-0.05, 0) is 106 Å². The molecule has 2 saturated carbocycles. The summed E-state index contributed by atoms with van der Waals surface area (Å²) in [6.07, 6.45) is 26.5. The second kappa shape index (κ2) is 13.4. The Morgan fingerprint density at radius 1 is 0.710 bits per heavy atom. The predicted molar refractivity (Wildman–Crippen MR) is 128 cm³/mol. The molecule has 0 N–H and O–H groups in total. The van der Waals surface area contributed by atoms with Crippen molar-refractivity contribution >= 4 is 0 Å². The molecule has 0 unspecified atom stereocenters. The average Bonchev–Trinajstić information content (AvgIpc) is 2.80. The van der Waals surface area contributed by atoms with Crippen molar-refractivity contribution in [2.24, 2.45) is 23.7 Å². The normalized spacial score (nSPS) is 27.1. The van der Waals surface area contributed by atoms with Crippen molar-refractivity contribution < 1.29 is 8.78 Å². The third-order valence-electron chi connectivity index (χ3n) is 7.98. The number of hydrogen-bond acceptors (Lipinski definition) is 0. The van der Waals surface area contributed by atoms with Crippen LogP contribution in [0, 0.1) is 35.3 Å². The molecule has 2 aliphatic carbocycles. The number of hydrogen-bond donors (Lipinski definition) is 0. The molecule has 0 aliphatic heterocycles. The molecule has 0 saturated heterocycles. The largest absolute Gasteiger partial charge is 0.204 e. The number of halogens is 2. The highest BCUT2D eigenvalue weighted by Gasteiger charge is 2.22. The molecule has 174 valence electrons. The van der Waals surface area contributed by atoms with Gasteiger partial charge in [0.05, 0.1) is 0 Å². The molecular weight excluding hydrogens is 386 g/mol. The van der Waals surface area contributed by atoms with E-state index in [9.17, 15) is 8.78 Å². The van der Waals surface area contributed by atoms with E-state index in [1.54, 1.807) is 6.07 Å². The Hall–Kier alpha value is -1.18. The standard InChI is InChI=1S/C29H44F2/c1-2-3-4-5-6-7-23-8-10-24(11-9-23)12-13-25-14-16-26(17-15-25)18-19-27-20-21-28(30)29(31)22-27/h12-13,20-26H,2-11,14-19H2,1H3. The zero-order valence-corrected chi connectivity index (χ0v) is 19.8. The number of allylic oxidation sites excluding steroid dienone is 2. The first-order valence-corrected chi connectivity index (χ1v) is 13.3. The van der Waals surface area contributed by atoms with Crippen molar-refractivity contribution in [3.8, 4) is 0 Å². The Balaban J connectivity index is 1.27. The van der Waals surface area contributed by atoms with Gasteiger partial charge in [0.25, 0.3) is 0 Å². The maximum Gasteiger partial charge on any atom is 0.159 e. The zero-order chi connectivity index (χ0) is 21.9. The highest BCUT2D eigenvalue weighted by Crippen LogP contribution is 2.35. The minimum atomic E-state index is -0.744. The lowest BCUT2D eigenvalue weighted by Crippen LogP contribution is -2.15. The molecule has 0 atom stereocenters. The average molecular weight is 431 g/mol. The summed E-state index contributed by atoms with van der Waals surface area (Å²) in [6, 6.07) is 4.35. The molecule has 31 heavy (non-hydrogen) atoms. The summed E-state index contributed by atoms with van der Waals surface area (Å²) in [4.78, 5) is 0. The van der Waals surface area contributed by atoms with E-state index in [2.05, 4.69) is 19.1 Å². The van der Waals surface area contributed by atoms with E-state index >= 15 is 0 Å². The summed E-state index contributed by atoms with van der Waals surface area (Å²) in [5.41, 5.74) is 0.928. The summed E-state index contributed by atoms with van der Waals surface area (Å²) >= 11 is 0. The first-order chi connectivity index (χ1) is 15.1. The molecule has 0 aromatic heterocycles. The van der Waals surface area contributed by atoms with Crippen LogP contribution in [0.2, 0.25) is 0 Å². The van der Waals surface area contributed by atoms with Crippen LogP contribution < -0.4 is 0 Å². The van der Waals surface area contributed by atoms with Crippen molar-refractivity contribution in [2.45, 2.75) is 110 Å². The van der Waals surface area contributed by atoms with Gasteiger partial charge in [-0.15, -0.1) is 0 Å². The maximum absolute atomic E-state index is 13.4. The molecular formula is C29H44F2. The Kier molecular flexibility index (Phi) is 10.6. The minimum absolute atomic E-state index is 0.715. The lowest BCUT2D eigenvalue weighted by Gasteiger charge is -2.29. The Labute approximate surface area is 189 Å². The van der Waals surface area contributed by atoms with Crippen LogP contribution >= 0.6 is 0 Å². The second-order valence-corrected chi connectivity index (χ2v) is 10.4. The number of benzene rings is 1. The molecule has 2 fully saturated rings. The van der Waals surface area contributed by atoms with E-state index in [1.165, 1.54) is 102 Å². The van der Waals surface area contributed by atoms with Crippen LogP contribution in [0.5, 0.6) is 0 Å². The molecule has 1 aromatic rings. The molecule has 0 spiro atoms. The molecule has 0 radical (unpaired) electrons. The van der Waals surface area contributed by atoms with E-state index in [0.717, 1.165) is 42.1 Å². The summed E-state index contributed by atoms with van der Waals surface area (Å²) in [5, 5.41) is 0. The van der Waals surface area contributed by atoms with E-state index < -0.39 is 11.6 Å². The molecule has 0 heterocycles. The molecule has 2 aliphatic rings. The van der Waals surface area contributed by atoms with Gasteiger partial charge in [-0.3, -0.25) is 0 Å². The third kappa shape index (κ3) is 8.70. The molecule has 3 rings (SSSR count). The van der Waals surface area contributed by atoms with E-state index in [-0.39, 0.29) is 0 Å². The maximum atomic E-state index is 13.4. The highest BCUT2D eigenvalue weighted by molar-refractivity contribution is 5.17. The molecule has 0 nitrogen and oxygen atoms in total. The summed E-state index contributed by atoms with van der Waals surface area (Å²) < 4.78 is 26.4. The van der Waals surface area contributed by atoms with Gasteiger partial charge in [-0.1, -0.05) is 63.7 Å². The van der Waals surface area contributed by atoms with Crippen molar-refractivity contribution in [3.63, 3.8) is 0 Å². The number of unbranched alkanes of at least 4 members (excludes halogenated alkanes) is 4. The van der Waals surface area contributed by atoms with Crippen molar-refractivity contribution in [1.29, 1.82) is 0 Å². The van der Waals surface area contributed by atoms with Crippen molar-refractivity contribution in [1.82, 2.24) is 0 Å². The second-order valence-electron chi connectivity index (χ2n) is 10.4. The van der Waals surface area contributed by atoms with Crippen LogP contribution in [0.15, 0.2) is 30.4 Å². The molecule has 0 amide bonds. The van der Waals surface area contributed by atoms with Gasteiger partial charge in [0.15, 0.2) is 11.6 Å². The lowest BCUT2D eigenvalue weighted by molar-refractivity contribution is 0.282. The molecule has 2 heteroatoms. The van der Waals surface area contributed by atoms with Crippen LogP contribution in [-0.2, 0) is 6.42 Å². The Bertz CT molecular complexity index is 649. The quantitative estimate of drug-likeness (QED) is 0.242. The van der Waals surface area contributed by atoms with E-state index in [4.69, 9.17) is 0 Å². The van der Waals surface area contributed by atoms with Crippen LogP contribution in [0.3, 0.4) is 0 Å². The fourth-order valence-electron chi connectivity index (χ4n) is 5.76. The smallest absolute Gasteiger partial charge is 0.159 e. The van der Waals surface area contributed by atoms with Gasteiger partial charge < -0.3 is 0 Å². The van der Waals surface area contributed by atoms with Crippen molar-refractivity contribution in [2.75, 3.05) is 0 Å². The van der Waals surface area contributed by atoms with Gasteiger partial charge in [0.2, 0.25) is 0 Å². The SMILES string of the molecule is CCCCCCCC1CCC(C=CC2CCC(CCc3ccc(F)c(F)c3)CC2)CC1. The summed E-state index contributed by atoms with van der Waals surface area (Å²) in [5.74, 6) is 1.86. The Morgan fingerprint density at radius 3 is 1.87 bits per heavy atom. The van der Waals surface area contributed by atoms with E-state index in [1.807, 2.05) is 0 Å². The molecule has 0 bridgehead atoms. The fourth-order valence-corrected chi connectivity index (χ4v) is 5.76. The summed E-state index contributed by atoms with van der Waals surface area (Å²) in [6.45, 7) is 2.29. The van der Waals surface area contributed by atoms with Crippen LogP contribution in [-0.4, -0.2) is 0 Å². The van der Waals surface area contributed by atoms with Crippen molar-refractivity contribution in [3.05, 3.63) is 47.5 Å². The zero-order valence-electron chi connectivity index (χ0n) is 19.8. The van der Waals surface area contributed by atoms with Gasteiger partial charge in [0, 0.05) is 0 Å². The predicted octanol–water partition coefficient (Wildman–Crippen LogP) is 9.43. The van der Waals surface area contributed by atoms with E-state index in [0.29, 0.717) is 0 Å².